The van der Waals surface area contributed by atoms with Crippen LogP contribution in [0.15, 0.2) is 42.5 Å². The van der Waals surface area contributed by atoms with E-state index in [9.17, 15) is 18.8 Å². The van der Waals surface area contributed by atoms with Crippen molar-refractivity contribution in [2.75, 3.05) is 11.9 Å². The van der Waals surface area contributed by atoms with Crippen LogP contribution >= 0.6 is 11.6 Å². The molecule has 2 N–H and O–H groups in total. The van der Waals surface area contributed by atoms with Gasteiger partial charge in [-0.15, -0.1) is 0 Å². The second kappa shape index (κ2) is 6.91. The SMILES string of the molecule is O=C(CN1C(=O)NC2(CCCc3ccccc32)C1=O)Nc1ccc(Cl)cc1F. The number of carbonyl (C=O) groups is 3. The Morgan fingerprint density at radius 3 is 2.82 bits per heavy atom. The molecule has 1 fully saturated rings. The highest BCUT2D eigenvalue weighted by molar-refractivity contribution is 6.30. The van der Waals surface area contributed by atoms with E-state index in [-0.39, 0.29) is 10.7 Å². The summed E-state index contributed by atoms with van der Waals surface area (Å²) in [6.45, 7) is -0.503. The van der Waals surface area contributed by atoms with Gasteiger partial charge in [-0.2, -0.15) is 0 Å². The quantitative estimate of drug-likeness (QED) is 0.775. The molecular formula is C20H17ClFN3O3. The molecule has 6 nitrogen and oxygen atoms in total. The summed E-state index contributed by atoms with van der Waals surface area (Å²) in [6, 6.07) is 10.7. The molecule has 0 saturated carbocycles. The standard InChI is InChI=1S/C20H17ClFN3O3/c21-13-7-8-16(15(22)10-13)23-17(26)11-25-18(27)20(24-19(25)28)9-3-5-12-4-1-2-6-14(12)20/h1-2,4,6-8,10H,3,5,9,11H2,(H,23,26)(H,24,28). The van der Waals surface area contributed by atoms with Crippen molar-refractivity contribution in [1.82, 2.24) is 10.2 Å². The third kappa shape index (κ3) is 3.01. The molecule has 0 bridgehead atoms. The largest absolute Gasteiger partial charge is 0.325 e. The minimum atomic E-state index is -1.14. The number of nitrogens with one attached hydrogen (secondary N) is 2. The summed E-state index contributed by atoms with van der Waals surface area (Å²) in [4.78, 5) is 38.8. The van der Waals surface area contributed by atoms with E-state index in [4.69, 9.17) is 11.6 Å². The minimum absolute atomic E-state index is 0.0702. The van der Waals surface area contributed by atoms with E-state index < -0.39 is 35.7 Å². The zero-order valence-electron chi connectivity index (χ0n) is 14.8. The van der Waals surface area contributed by atoms with E-state index in [1.165, 1.54) is 12.1 Å². The van der Waals surface area contributed by atoms with Crippen molar-refractivity contribution in [3.63, 3.8) is 0 Å². The lowest BCUT2D eigenvalue weighted by atomic mass is 9.76. The molecule has 4 rings (SSSR count). The Balaban J connectivity index is 1.55. The van der Waals surface area contributed by atoms with Crippen molar-refractivity contribution in [1.29, 1.82) is 0 Å². The van der Waals surface area contributed by atoms with Crippen LogP contribution in [0.1, 0.15) is 24.0 Å². The van der Waals surface area contributed by atoms with Gasteiger partial charge < -0.3 is 10.6 Å². The van der Waals surface area contributed by atoms with Gasteiger partial charge in [-0.25, -0.2) is 9.18 Å². The zero-order valence-corrected chi connectivity index (χ0v) is 15.6. The van der Waals surface area contributed by atoms with E-state index in [0.29, 0.717) is 6.42 Å². The Kier molecular flexibility index (Phi) is 4.55. The normalized spacial score (nSPS) is 20.9. The Morgan fingerprint density at radius 1 is 1.25 bits per heavy atom. The molecule has 1 atom stereocenters. The first kappa shape index (κ1) is 18.4. The molecule has 0 aromatic heterocycles. The average molecular weight is 402 g/mol. The van der Waals surface area contributed by atoms with Gasteiger partial charge in [0.15, 0.2) is 0 Å². The number of rotatable bonds is 3. The smallest absolute Gasteiger partial charge is 0.322 e. The topological polar surface area (TPSA) is 78.5 Å². The Morgan fingerprint density at radius 2 is 2.04 bits per heavy atom. The number of amides is 4. The summed E-state index contributed by atoms with van der Waals surface area (Å²) in [7, 11) is 0. The van der Waals surface area contributed by atoms with Gasteiger partial charge in [0, 0.05) is 5.02 Å². The van der Waals surface area contributed by atoms with E-state index in [1.54, 1.807) is 0 Å². The number of halogens is 2. The average Bonchev–Trinajstić information content (AvgIpc) is 2.89. The second-order valence-electron chi connectivity index (χ2n) is 6.91. The maximum Gasteiger partial charge on any atom is 0.325 e. The second-order valence-corrected chi connectivity index (χ2v) is 7.35. The van der Waals surface area contributed by atoms with Crippen molar-refractivity contribution in [2.45, 2.75) is 24.8 Å². The molecule has 1 aliphatic heterocycles. The number of benzene rings is 2. The molecule has 2 aliphatic rings. The lowest BCUT2D eigenvalue weighted by molar-refractivity contribution is -0.134. The number of hydrogen-bond donors (Lipinski definition) is 2. The van der Waals surface area contributed by atoms with Crippen LogP contribution in [0.2, 0.25) is 5.02 Å². The van der Waals surface area contributed by atoms with Gasteiger partial charge >= 0.3 is 6.03 Å². The molecule has 1 unspecified atom stereocenters. The number of urea groups is 1. The highest BCUT2D eigenvalue weighted by Crippen LogP contribution is 2.39. The predicted molar refractivity (Wildman–Crippen MR) is 101 cm³/mol. The molecule has 1 heterocycles. The molecule has 0 radical (unpaired) electrons. The lowest BCUT2D eigenvalue weighted by Crippen LogP contribution is -2.47. The van der Waals surface area contributed by atoms with Crippen molar-refractivity contribution in [2.24, 2.45) is 0 Å². The minimum Gasteiger partial charge on any atom is -0.322 e. The molecule has 8 heteroatoms. The van der Waals surface area contributed by atoms with Crippen molar-refractivity contribution in [3.05, 3.63) is 64.4 Å². The van der Waals surface area contributed by atoms with Gasteiger partial charge in [0.05, 0.1) is 5.69 Å². The first-order chi connectivity index (χ1) is 13.4. The van der Waals surface area contributed by atoms with Crippen LogP contribution in [0, 0.1) is 5.82 Å². The number of aryl methyl sites for hydroxylation is 1. The van der Waals surface area contributed by atoms with Gasteiger partial charge in [0.2, 0.25) is 5.91 Å². The molecule has 28 heavy (non-hydrogen) atoms. The van der Waals surface area contributed by atoms with Gasteiger partial charge in [-0.1, -0.05) is 35.9 Å². The number of hydrogen-bond acceptors (Lipinski definition) is 3. The molecule has 144 valence electrons. The fourth-order valence-corrected chi connectivity index (χ4v) is 4.04. The Bertz CT molecular complexity index is 996. The van der Waals surface area contributed by atoms with Crippen LogP contribution in [-0.4, -0.2) is 29.3 Å². The summed E-state index contributed by atoms with van der Waals surface area (Å²) in [6.07, 6.45) is 2.05. The molecule has 4 amide bonds. The van der Waals surface area contributed by atoms with Gasteiger partial charge in [0.1, 0.15) is 17.9 Å². The van der Waals surface area contributed by atoms with Gasteiger partial charge in [-0.05, 0) is 48.6 Å². The van der Waals surface area contributed by atoms with Crippen LogP contribution in [-0.2, 0) is 21.5 Å². The number of fused-ring (bicyclic) bond motifs is 2. The maximum absolute atomic E-state index is 13.9. The Hall–Kier alpha value is -2.93. The summed E-state index contributed by atoms with van der Waals surface area (Å²) in [5.74, 6) is -1.84. The highest BCUT2D eigenvalue weighted by Gasteiger charge is 2.54. The number of carbonyl (C=O) groups excluding carboxylic acids is 3. The molecule has 1 spiro atoms. The molecule has 1 saturated heterocycles. The monoisotopic (exact) mass is 401 g/mol. The van der Waals surface area contributed by atoms with Crippen molar-refractivity contribution < 1.29 is 18.8 Å². The van der Waals surface area contributed by atoms with Gasteiger partial charge in [0.25, 0.3) is 5.91 Å². The van der Waals surface area contributed by atoms with E-state index in [0.717, 1.165) is 34.9 Å². The zero-order chi connectivity index (χ0) is 19.9. The first-order valence-electron chi connectivity index (χ1n) is 8.88. The first-order valence-corrected chi connectivity index (χ1v) is 9.26. The molecule has 2 aromatic rings. The van der Waals surface area contributed by atoms with E-state index in [2.05, 4.69) is 10.6 Å². The predicted octanol–water partition coefficient (Wildman–Crippen LogP) is 3.20. The third-order valence-corrected chi connectivity index (χ3v) is 5.39. The lowest BCUT2D eigenvalue weighted by Gasteiger charge is -2.33. The third-order valence-electron chi connectivity index (χ3n) is 5.16. The number of nitrogens with zero attached hydrogens (tertiary/aromatic N) is 1. The van der Waals surface area contributed by atoms with E-state index in [1.807, 2.05) is 24.3 Å². The van der Waals surface area contributed by atoms with Crippen LogP contribution in [0.25, 0.3) is 0 Å². The summed E-state index contributed by atoms with van der Waals surface area (Å²) < 4.78 is 13.9. The molecule has 1 aliphatic carbocycles. The molecular weight excluding hydrogens is 385 g/mol. The fraction of sp³-hybridized carbons (Fsp3) is 0.250. The summed E-state index contributed by atoms with van der Waals surface area (Å²) in [5, 5.41) is 5.35. The van der Waals surface area contributed by atoms with Crippen molar-refractivity contribution >= 4 is 35.1 Å². The van der Waals surface area contributed by atoms with Crippen LogP contribution in [0.4, 0.5) is 14.9 Å². The van der Waals surface area contributed by atoms with Crippen molar-refractivity contribution in [3.8, 4) is 0 Å². The van der Waals surface area contributed by atoms with Crippen LogP contribution < -0.4 is 10.6 Å². The van der Waals surface area contributed by atoms with Gasteiger partial charge in [-0.3, -0.25) is 14.5 Å². The summed E-state index contributed by atoms with van der Waals surface area (Å²) >= 11 is 5.69. The summed E-state index contributed by atoms with van der Waals surface area (Å²) in [5.41, 5.74) is 0.569. The molecule has 2 aromatic carbocycles. The maximum atomic E-state index is 13.9. The highest BCUT2D eigenvalue weighted by atomic mass is 35.5. The fourth-order valence-electron chi connectivity index (χ4n) is 3.88. The number of anilines is 1. The van der Waals surface area contributed by atoms with E-state index >= 15 is 0 Å². The van der Waals surface area contributed by atoms with Crippen LogP contribution in [0.5, 0.6) is 0 Å². The Labute approximate surface area is 165 Å². The number of imide groups is 1. The van der Waals surface area contributed by atoms with Crippen LogP contribution in [0.3, 0.4) is 0 Å².